The lowest BCUT2D eigenvalue weighted by molar-refractivity contribution is -0.136. The molecule has 0 N–H and O–H groups in total. The van der Waals surface area contributed by atoms with Crippen LogP contribution in [0.25, 0.3) is 0 Å². The molecule has 0 bridgehead atoms. The number of ether oxygens (including phenoxy) is 2. The Labute approximate surface area is 185 Å². The summed E-state index contributed by atoms with van der Waals surface area (Å²) in [6, 6.07) is -0.516. The summed E-state index contributed by atoms with van der Waals surface area (Å²) in [6.45, 7) is 25.2. The highest BCUT2D eigenvalue weighted by molar-refractivity contribution is 6.77. The third-order valence-electron chi connectivity index (χ3n) is 5.96. The van der Waals surface area contributed by atoms with Crippen LogP contribution in [0.5, 0.6) is 0 Å². The fraction of sp³-hybridized carbons (Fsp3) is 0.826. The molecule has 2 atom stereocenters. The molecule has 176 valence electrons. The number of nitrogens with zero attached hydrogens (tertiary/aromatic N) is 1. The SMILES string of the molecule is C=C(C[C@@H]([C@H](C)O[Si](C(C)C)(C(C)C)C(C)C)N(C(=O)OCC)C(C)C)C(=O)OC. The number of hydrogen-bond donors (Lipinski definition) is 0. The molecule has 0 aromatic carbocycles. The standard InChI is InChI=1S/C23H45NO5Si/c1-13-28-23(26)24(15(2)3)21(14-19(10)22(25)27-12)20(11)29-30(16(4)5,17(6)7)18(8)9/h15-18,20-21H,10,13-14H2,1-9,11-12H3/t20-,21-/m0/s1. The Kier molecular flexibility index (Phi) is 11.9. The summed E-state index contributed by atoms with van der Waals surface area (Å²) in [5.74, 6) is -0.472. The van der Waals surface area contributed by atoms with Gasteiger partial charge in [-0.1, -0.05) is 48.1 Å². The Morgan fingerprint density at radius 3 is 1.73 bits per heavy atom. The lowest BCUT2D eigenvalue weighted by Gasteiger charge is -2.47. The Bertz CT molecular complexity index is 552. The fourth-order valence-electron chi connectivity index (χ4n) is 4.71. The minimum absolute atomic E-state index is 0.126. The zero-order chi connectivity index (χ0) is 23.8. The number of hydrogen-bond acceptors (Lipinski definition) is 5. The highest BCUT2D eigenvalue weighted by Gasteiger charge is 2.48. The summed E-state index contributed by atoms with van der Waals surface area (Å²) in [7, 11) is -0.863. The minimum Gasteiger partial charge on any atom is -0.466 e. The van der Waals surface area contributed by atoms with Gasteiger partial charge < -0.3 is 13.9 Å². The second kappa shape index (κ2) is 12.5. The van der Waals surface area contributed by atoms with Crippen molar-refractivity contribution in [3.05, 3.63) is 12.2 Å². The Hall–Kier alpha value is -1.34. The molecule has 0 aliphatic carbocycles. The molecular formula is C23H45NO5Si. The van der Waals surface area contributed by atoms with Crippen LogP contribution in [0.1, 0.15) is 75.7 Å². The highest BCUT2D eigenvalue weighted by Crippen LogP contribution is 2.43. The predicted octanol–water partition coefficient (Wildman–Crippen LogP) is 5.92. The summed E-state index contributed by atoms with van der Waals surface area (Å²) in [5, 5.41) is 0. The van der Waals surface area contributed by atoms with Crippen molar-refractivity contribution < 1.29 is 23.5 Å². The van der Waals surface area contributed by atoms with Gasteiger partial charge in [-0.3, -0.25) is 4.90 Å². The molecule has 1 amide bonds. The van der Waals surface area contributed by atoms with Gasteiger partial charge >= 0.3 is 12.1 Å². The van der Waals surface area contributed by atoms with Crippen molar-refractivity contribution in [2.24, 2.45) is 0 Å². The predicted molar refractivity (Wildman–Crippen MR) is 125 cm³/mol. The van der Waals surface area contributed by atoms with Gasteiger partial charge in [-0.25, -0.2) is 9.59 Å². The number of carbonyl (C=O) groups excluding carboxylic acids is 2. The smallest absolute Gasteiger partial charge is 0.410 e. The van der Waals surface area contributed by atoms with Crippen molar-refractivity contribution in [2.45, 2.75) is 110 Å². The summed E-state index contributed by atoms with van der Waals surface area (Å²) in [4.78, 5) is 26.6. The average Bonchev–Trinajstić information content (AvgIpc) is 2.63. The molecule has 0 unspecified atom stereocenters. The first-order valence-corrected chi connectivity index (χ1v) is 13.3. The topological polar surface area (TPSA) is 65.1 Å². The summed E-state index contributed by atoms with van der Waals surface area (Å²) < 4.78 is 17.1. The lowest BCUT2D eigenvalue weighted by Crippen LogP contribution is -2.57. The van der Waals surface area contributed by atoms with E-state index in [1.807, 2.05) is 20.8 Å². The first-order chi connectivity index (χ1) is 13.8. The molecule has 0 saturated carbocycles. The molecule has 0 aromatic rings. The second-order valence-electron chi connectivity index (χ2n) is 9.21. The number of rotatable bonds is 12. The van der Waals surface area contributed by atoms with Crippen molar-refractivity contribution in [3.63, 3.8) is 0 Å². The molecule has 0 heterocycles. The first-order valence-electron chi connectivity index (χ1n) is 11.2. The van der Waals surface area contributed by atoms with E-state index in [0.717, 1.165) is 0 Å². The molecule has 6 nitrogen and oxygen atoms in total. The number of amides is 1. The van der Waals surface area contributed by atoms with Crippen molar-refractivity contribution in [2.75, 3.05) is 13.7 Å². The quantitative estimate of drug-likeness (QED) is 0.213. The van der Waals surface area contributed by atoms with Crippen molar-refractivity contribution >= 4 is 20.4 Å². The number of carbonyl (C=O) groups is 2. The third-order valence-corrected chi connectivity index (χ3v) is 12.2. The van der Waals surface area contributed by atoms with Gasteiger partial charge in [0, 0.05) is 18.0 Å². The molecule has 0 spiro atoms. The molecule has 0 rings (SSSR count). The molecule has 0 aromatic heterocycles. The van der Waals surface area contributed by atoms with E-state index < -0.39 is 26.4 Å². The third kappa shape index (κ3) is 6.84. The zero-order valence-electron chi connectivity index (χ0n) is 21.1. The van der Waals surface area contributed by atoms with E-state index >= 15 is 0 Å². The van der Waals surface area contributed by atoms with Crippen LogP contribution < -0.4 is 0 Å². The van der Waals surface area contributed by atoms with E-state index in [4.69, 9.17) is 13.9 Å². The van der Waals surface area contributed by atoms with E-state index in [2.05, 4.69) is 48.1 Å². The van der Waals surface area contributed by atoms with Gasteiger partial charge in [-0.2, -0.15) is 0 Å². The first kappa shape index (κ1) is 28.7. The summed E-state index contributed by atoms with van der Waals surface area (Å²) in [6.07, 6.45) is -0.433. The van der Waals surface area contributed by atoms with Crippen LogP contribution in [-0.4, -0.2) is 57.2 Å². The Morgan fingerprint density at radius 2 is 1.40 bits per heavy atom. The van der Waals surface area contributed by atoms with Crippen LogP contribution in [0.4, 0.5) is 4.79 Å². The van der Waals surface area contributed by atoms with Gasteiger partial charge in [0.2, 0.25) is 8.32 Å². The Balaban J connectivity index is 6.23. The van der Waals surface area contributed by atoms with Crippen LogP contribution in [-0.2, 0) is 18.7 Å². The molecule has 0 aliphatic heterocycles. The second-order valence-corrected chi connectivity index (χ2v) is 14.6. The maximum absolute atomic E-state index is 12.8. The summed E-state index contributed by atoms with van der Waals surface area (Å²) >= 11 is 0. The monoisotopic (exact) mass is 443 g/mol. The highest BCUT2D eigenvalue weighted by atomic mass is 28.4. The van der Waals surface area contributed by atoms with Gasteiger partial charge in [0.25, 0.3) is 0 Å². The van der Waals surface area contributed by atoms with E-state index in [9.17, 15) is 9.59 Å². The normalized spacial score (nSPS) is 14.2. The van der Waals surface area contributed by atoms with Crippen molar-refractivity contribution in [3.8, 4) is 0 Å². The van der Waals surface area contributed by atoms with Crippen molar-refractivity contribution in [1.29, 1.82) is 0 Å². The molecule has 30 heavy (non-hydrogen) atoms. The van der Waals surface area contributed by atoms with Crippen LogP contribution >= 0.6 is 0 Å². The molecular weight excluding hydrogens is 398 g/mol. The molecule has 7 heteroatoms. The zero-order valence-corrected chi connectivity index (χ0v) is 22.1. The molecule has 0 saturated heterocycles. The van der Waals surface area contributed by atoms with Crippen LogP contribution in [0.3, 0.4) is 0 Å². The van der Waals surface area contributed by atoms with Gasteiger partial charge in [-0.05, 0) is 44.3 Å². The molecule has 0 radical (unpaired) electrons. The average molecular weight is 444 g/mol. The Morgan fingerprint density at radius 1 is 0.933 bits per heavy atom. The van der Waals surface area contributed by atoms with Gasteiger partial charge in [-0.15, -0.1) is 0 Å². The van der Waals surface area contributed by atoms with Gasteiger partial charge in [0.05, 0.1) is 25.9 Å². The maximum Gasteiger partial charge on any atom is 0.410 e. The van der Waals surface area contributed by atoms with Crippen LogP contribution in [0.15, 0.2) is 12.2 Å². The maximum atomic E-state index is 12.8. The van der Waals surface area contributed by atoms with E-state index in [-0.39, 0.29) is 25.2 Å². The van der Waals surface area contributed by atoms with Gasteiger partial charge in [0.1, 0.15) is 0 Å². The van der Waals surface area contributed by atoms with E-state index in [1.54, 1.807) is 11.8 Å². The molecule has 0 aliphatic rings. The van der Waals surface area contributed by atoms with Crippen LogP contribution in [0.2, 0.25) is 16.6 Å². The van der Waals surface area contributed by atoms with Gasteiger partial charge in [0.15, 0.2) is 0 Å². The fourth-order valence-corrected chi connectivity index (χ4v) is 10.3. The van der Waals surface area contributed by atoms with Crippen LogP contribution in [0, 0.1) is 0 Å². The number of methoxy groups -OCH3 is 1. The van der Waals surface area contributed by atoms with Crippen molar-refractivity contribution in [1.82, 2.24) is 4.90 Å². The van der Waals surface area contributed by atoms with E-state index in [0.29, 0.717) is 22.2 Å². The minimum atomic E-state index is -2.20. The van der Waals surface area contributed by atoms with E-state index in [1.165, 1.54) is 7.11 Å². The summed E-state index contributed by atoms with van der Waals surface area (Å²) in [5.41, 5.74) is 1.53. The largest absolute Gasteiger partial charge is 0.466 e. The number of esters is 1. The lowest BCUT2D eigenvalue weighted by atomic mass is 10.0. The molecule has 0 fully saturated rings.